The first-order chi connectivity index (χ1) is 25.3. The second-order valence-electron chi connectivity index (χ2n) is 14.3. The molecule has 0 bridgehead atoms. The van der Waals surface area contributed by atoms with Gasteiger partial charge in [-0.2, -0.15) is 0 Å². The first-order valence-corrected chi connectivity index (χ1v) is 17.8. The van der Waals surface area contributed by atoms with Gasteiger partial charge in [0.25, 0.3) is 0 Å². The van der Waals surface area contributed by atoms with Crippen molar-refractivity contribution in [2.75, 3.05) is 0 Å². The average Bonchev–Trinajstić information content (AvgIpc) is 3.78. The maximum atomic E-state index is 6.86. The van der Waals surface area contributed by atoms with Gasteiger partial charge in [-0.3, -0.25) is 0 Å². The van der Waals surface area contributed by atoms with Crippen molar-refractivity contribution < 1.29 is 4.74 Å². The molecule has 236 valence electrons. The highest BCUT2D eigenvalue weighted by molar-refractivity contribution is 5.96. The van der Waals surface area contributed by atoms with Crippen molar-refractivity contribution in [3.05, 3.63) is 226 Å². The third kappa shape index (κ3) is 3.19. The molecule has 0 radical (unpaired) electrons. The second kappa shape index (κ2) is 9.62. The van der Waals surface area contributed by atoms with Crippen molar-refractivity contribution in [1.82, 2.24) is 0 Å². The molecule has 12 rings (SSSR count). The highest BCUT2D eigenvalue weighted by Crippen LogP contribution is 2.64. The summed E-state index contributed by atoms with van der Waals surface area (Å²) in [6, 6.07) is 67.5. The van der Waals surface area contributed by atoms with Crippen LogP contribution in [0.15, 0.2) is 182 Å². The molecule has 2 spiro atoms. The quantitative estimate of drug-likeness (QED) is 0.172. The summed E-state index contributed by atoms with van der Waals surface area (Å²) in [7, 11) is 0. The highest BCUT2D eigenvalue weighted by atomic mass is 16.5. The molecular weight excluding hydrogens is 617 g/mol. The van der Waals surface area contributed by atoms with Crippen molar-refractivity contribution in [3.8, 4) is 56.0 Å². The molecule has 0 saturated heterocycles. The van der Waals surface area contributed by atoms with Gasteiger partial charge < -0.3 is 4.74 Å². The predicted molar refractivity (Wildman–Crippen MR) is 206 cm³/mol. The van der Waals surface area contributed by atoms with E-state index in [4.69, 9.17) is 4.74 Å². The van der Waals surface area contributed by atoms with Crippen LogP contribution in [0.4, 0.5) is 0 Å². The Morgan fingerprint density at radius 1 is 0.255 bits per heavy atom. The van der Waals surface area contributed by atoms with Crippen molar-refractivity contribution in [1.29, 1.82) is 0 Å². The molecule has 0 fully saturated rings. The summed E-state index contributed by atoms with van der Waals surface area (Å²) in [4.78, 5) is 0. The van der Waals surface area contributed by atoms with E-state index >= 15 is 0 Å². The van der Waals surface area contributed by atoms with Gasteiger partial charge in [0.15, 0.2) is 0 Å². The molecule has 8 aromatic rings. The number of rotatable bonds is 1. The summed E-state index contributed by atoms with van der Waals surface area (Å²) in [6.45, 7) is 0. The van der Waals surface area contributed by atoms with Crippen molar-refractivity contribution in [3.63, 3.8) is 0 Å². The van der Waals surface area contributed by atoms with E-state index in [1.54, 1.807) is 0 Å². The SMILES string of the molecule is c1ccc2c(c1)Oc1cc(-c3ccc4c(c3)-c3ccccc3C43c4ccccc4-c4ccccc43)ccc1C21c2ccccc2-c2ccccc21. The van der Waals surface area contributed by atoms with Crippen molar-refractivity contribution >= 4 is 0 Å². The predicted octanol–water partition coefficient (Wildman–Crippen LogP) is 12.2. The van der Waals surface area contributed by atoms with E-state index in [0.717, 1.165) is 17.1 Å². The lowest BCUT2D eigenvalue weighted by Crippen LogP contribution is -2.32. The molecule has 0 N–H and O–H groups in total. The Morgan fingerprint density at radius 2 is 0.588 bits per heavy atom. The van der Waals surface area contributed by atoms with Crippen LogP contribution < -0.4 is 4.74 Å². The number of hydrogen-bond donors (Lipinski definition) is 0. The monoisotopic (exact) mass is 646 g/mol. The lowest BCUT2D eigenvalue weighted by atomic mass is 9.66. The number of ether oxygens (including phenoxy) is 1. The molecular formula is C50H30O. The van der Waals surface area contributed by atoms with Gasteiger partial charge in [-0.25, -0.2) is 0 Å². The van der Waals surface area contributed by atoms with Crippen LogP contribution in [0.3, 0.4) is 0 Å². The van der Waals surface area contributed by atoms with Crippen LogP contribution in [0.5, 0.6) is 11.5 Å². The van der Waals surface area contributed by atoms with Gasteiger partial charge in [0, 0.05) is 11.1 Å². The van der Waals surface area contributed by atoms with E-state index in [1.165, 1.54) is 83.5 Å². The minimum atomic E-state index is -0.456. The van der Waals surface area contributed by atoms with Gasteiger partial charge in [0.2, 0.25) is 0 Å². The van der Waals surface area contributed by atoms with E-state index < -0.39 is 5.41 Å². The van der Waals surface area contributed by atoms with Gasteiger partial charge in [-0.05, 0) is 96.1 Å². The summed E-state index contributed by atoms with van der Waals surface area (Å²) in [5, 5.41) is 0. The first kappa shape index (κ1) is 27.4. The topological polar surface area (TPSA) is 9.23 Å². The lowest BCUT2D eigenvalue weighted by molar-refractivity contribution is 0.436. The summed E-state index contributed by atoms with van der Waals surface area (Å²) in [6.07, 6.45) is 0. The summed E-state index contributed by atoms with van der Waals surface area (Å²) < 4.78 is 6.86. The standard InChI is InChI=1S/C50H30O/c1-6-18-39-33(13-1)34-14-2-7-19-40(34)49(39)43-22-10-5-17-37(43)38-29-31(25-27-44(38)49)32-26-28-46-48(30-32)51-47-24-12-11-23-45(47)50(46)41-20-8-3-15-35(41)36-16-4-9-21-42(36)50/h1-30H. The summed E-state index contributed by atoms with van der Waals surface area (Å²) >= 11 is 0. The molecule has 1 aliphatic heterocycles. The van der Waals surface area contributed by atoms with Crippen LogP contribution in [-0.4, -0.2) is 0 Å². The van der Waals surface area contributed by atoms with E-state index in [9.17, 15) is 0 Å². The Bertz CT molecular complexity index is 2710. The maximum Gasteiger partial charge on any atom is 0.132 e. The zero-order chi connectivity index (χ0) is 33.3. The van der Waals surface area contributed by atoms with Gasteiger partial charge in [0.1, 0.15) is 11.5 Å². The summed E-state index contributed by atoms with van der Waals surface area (Å²) in [5.74, 6) is 1.82. The largest absolute Gasteiger partial charge is 0.457 e. The number of hydrogen-bond acceptors (Lipinski definition) is 1. The van der Waals surface area contributed by atoms with Gasteiger partial charge in [-0.15, -0.1) is 0 Å². The van der Waals surface area contributed by atoms with Crippen LogP contribution >= 0.6 is 0 Å². The van der Waals surface area contributed by atoms with Crippen LogP contribution in [0.25, 0.3) is 44.5 Å². The summed E-state index contributed by atoms with van der Waals surface area (Å²) in [5.41, 5.74) is 19.9. The fourth-order valence-corrected chi connectivity index (χ4v) is 10.3. The zero-order valence-electron chi connectivity index (χ0n) is 27.7. The van der Waals surface area contributed by atoms with Crippen LogP contribution in [0.2, 0.25) is 0 Å². The van der Waals surface area contributed by atoms with Gasteiger partial charge in [-0.1, -0.05) is 164 Å². The number of benzene rings is 8. The fraction of sp³-hybridized carbons (Fsp3) is 0.0400. The fourth-order valence-electron chi connectivity index (χ4n) is 10.3. The van der Waals surface area contributed by atoms with E-state index in [-0.39, 0.29) is 5.41 Å². The number of para-hydroxylation sites is 1. The van der Waals surface area contributed by atoms with Gasteiger partial charge >= 0.3 is 0 Å². The highest BCUT2D eigenvalue weighted by Gasteiger charge is 2.52. The zero-order valence-corrected chi connectivity index (χ0v) is 27.7. The first-order valence-electron chi connectivity index (χ1n) is 17.8. The molecule has 0 saturated carbocycles. The molecule has 1 heterocycles. The van der Waals surface area contributed by atoms with Crippen LogP contribution in [-0.2, 0) is 10.8 Å². The maximum absolute atomic E-state index is 6.86. The number of fused-ring (bicyclic) bond motifs is 19. The Hall–Kier alpha value is -6.44. The Labute approximate surface area is 297 Å². The van der Waals surface area contributed by atoms with Crippen molar-refractivity contribution in [2.45, 2.75) is 10.8 Å². The van der Waals surface area contributed by atoms with Crippen LogP contribution in [0, 0.1) is 0 Å². The molecule has 0 aromatic heterocycles. The average molecular weight is 647 g/mol. The van der Waals surface area contributed by atoms with E-state index in [0.29, 0.717) is 0 Å². The Kier molecular flexibility index (Phi) is 5.17. The third-order valence-corrected chi connectivity index (χ3v) is 12.2. The molecule has 0 amide bonds. The molecule has 1 heteroatoms. The molecule has 3 aliphatic carbocycles. The molecule has 8 aromatic carbocycles. The Balaban J connectivity index is 1.08. The smallest absolute Gasteiger partial charge is 0.132 e. The van der Waals surface area contributed by atoms with Gasteiger partial charge in [0.05, 0.1) is 10.8 Å². The normalized spacial score (nSPS) is 15.1. The Morgan fingerprint density at radius 3 is 1.10 bits per heavy atom. The molecule has 51 heavy (non-hydrogen) atoms. The van der Waals surface area contributed by atoms with E-state index in [1.807, 2.05) is 0 Å². The molecule has 0 atom stereocenters. The second-order valence-corrected chi connectivity index (χ2v) is 14.3. The third-order valence-electron chi connectivity index (χ3n) is 12.2. The van der Waals surface area contributed by atoms with Crippen LogP contribution in [0.1, 0.15) is 44.5 Å². The molecule has 0 unspecified atom stereocenters. The molecule has 1 nitrogen and oxygen atoms in total. The molecule has 4 aliphatic rings. The minimum absolute atomic E-state index is 0.337. The lowest BCUT2D eigenvalue weighted by Gasteiger charge is -2.39. The van der Waals surface area contributed by atoms with Crippen molar-refractivity contribution in [2.24, 2.45) is 0 Å². The van der Waals surface area contributed by atoms with E-state index in [2.05, 4.69) is 182 Å². The minimum Gasteiger partial charge on any atom is -0.457 e.